The summed E-state index contributed by atoms with van der Waals surface area (Å²) in [4.78, 5) is 42.0. The SMILES string of the molecule is CC(Sc1nccn1-c1ccccc1C(C)C)C(=O)c1c(N)n(C)c(=O)n(C)c1=O. The van der Waals surface area contributed by atoms with E-state index in [0.717, 1.165) is 20.4 Å². The van der Waals surface area contributed by atoms with Crippen LogP contribution in [-0.4, -0.2) is 29.7 Å². The van der Waals surface area contributed by atoms with Gasteiger partial charge in [-0.25, -0.2) is 9.78 Å². The predicted octanol–water partition coefficient (Wildman–Crippen LogP) is 2.34. The van der Waals surface area contributed by atoms with Gasteiger partial charge in [0, 0.05) is 26.5 Å². The number of aromatic nitrogens is 4. The second-order valence-electron chi connectivity index (χ2n) is 7.38. The Hall–Kier alpha value is -3.07. The first-order valence-corrected chi connectivity index (χ1v) is 10.4. The highest BCUT2D eigenvalue weighted by molar-refractivity contribution is 8.00. The number of hydrogen-bond acceptors (Lipinski definition) is 6. The average Bonchev–Trinajstić information content (AvgIpc) is 3.18. The molecule has 0 aliphatic heterocycles. The van der Waals surface area contributed by atoms with Gasteiger partial charge in [-0.1, -0.05) is 43.8 Å². The fourth-order valence-electron chi connectivity index (χ4n) is 3.26. The molecule has 2 heterocycles. The number of benzene rings is 1. The van der Waals surface area contributed by atoms with Crippen molar-refractivity contribution in [3.05, 3.63) is 68.6 Å². The number of nitrogens with two attached hydrogens (primary N) is 1. The molecule has 3 aromatic rings. The number of anilines is 1. The van der Waals surface area contributed by atoms with Crippen molar-refractivity contribution in [2.45, 2.75) is 37.1 Å². The lowest BCUT2D eigenvalue weighted by Crippen LogP contribution is -2.42. The minimum absolute atomic E-state index is 0.131. The molecule has 30 heavy (non-hydrogen) atoms. The summed E-state index contributed by atoms with van der Waals surface area (Å²) in [7, 11) is 2.76. The Morgan fingerprint density at radius 3 is 2.43 bits per heavy atom. The predicted molar refractivity (Wildman–Crippen MR) is 119 cm³/mol. The van der Waals surface area contributed by atoms with E-state index in [9.17, 15) is 14.4 Å². The molecular formula is C21H25N5O3S. The molecule has 2 N–H and O–H groups in total. The molecule has 0 aliphatic rings. The molecule has 0 spiro atoms. The maximum atomic E-state index is 13.1. The Morgan fingerprint density at radius 2 is 1.77 bits per heavy atom. The van der Waals surface area contributed by atoms with Crippen LogP contribution in [0.1, 0.15) is 42.6 Å². The number of ketones is 1. The molecule has 0 aliphatic carbocycles. The monoisotopic (exact) mass is 427 g/mol. The van der Waals surface area contributed by atoms with Crippen molar-refractivity contribution in [3.63, 3.8) is 0 Å². The molecule has 9 heteroatoms. The number of rotatable bonds is 6. The van der Waals surface area contributed by atoms with E-state index in [4.69, 9.17) is 5.73 Å². The zero-order chi connectivity index (χ0) is 22.2. The highest BCUT2D eigenvalue weighted by Crippen LogP contribution is 2.30. The second kappa shape index (κ2) is 8.35. The number of carbonyl (C=O) groups excluding carboxylic acids is 1. The molecule has 0 amide bonds. The number of nitrogen functional groups attached to an aromatic ring is 1. The highest BCUT2D eigenvalue weighted by Gasteiger charge is 2.26. The van der Waals surface area contributed by atoms with Gasteiger partial charge in [-0.05, 0) is 24.5 Å². The van der Waals surface area contributed by atoms with E-state index in [1.54, 1.807) is 13.1 Å². The molecule has 0 saturated heterocycles. The lowest BCUT2D eigenvalue weighted by Gasteiger charge is -2.17. The number of imidazole rings is 1. The summed E-state index contributed by atoms with van der Waals surface area (Å²) >= 11 is 1.24. The van der Waals surface area contributed by atoms with Crippen LogP contribution >= 0.6 is 11.8 Å². The third kappa shape index (κ3) is 3.72. The summed E-state index contributed by atoms with van der Waals surface area (Å²) in [6.45, 7) is 5.93. The van der Waals surface area contributed by atoms with E-state index < -0.39 is 22.3 Å². The summed E-state index contributed by atoms with van der Waals surface area (Å²) in [5, 5.41) is -0.00553. The van der Waals surface area contributed by atoms with Gasteiger partial charge in [-0.3, -0.25) is 23.3 Å². The molecule has 0 bridgehead atoms. The van der Waals surface area contributed by atoms with Gasteiger partial charge in [0.05, 0.1) is 10.9 Å². The molecule has 0 radical (unpaired) electrons. The van der Waals surface area contributed by atoms with Crippen LogP contribution in [-0.2, 0) is 14.1 Å². The first-order valence-electron chi connectivity index (χ1n) is 9.54. The third-order valence-corrected chi connectivity index (χ3v) is 6.11. The van der Waals surface area contributed by atoms with Crippen LogP contribution in [0.5, 0.6) is 0 Å². The molecule has 8 nitrogen and oxygen atoms in total. The molecule has 0 saturated carbocycles. The van der Waals surface area contributed by atoms with Crippen LogP contribution < -0.4 is 17.0 Å². The maximum Gasteiger partial charge on any atom is 0.332 e. The minimum atomic E-state index is -0.693. The second-order valence-corrected chi connectivity index (χ2v) is 8.69. The van der Waals surface area contributed by atoms with Crippen LogP contribution in [0.2, 0.25) is 0 Å². The number of hydrogen-bond donors (Lipinski definition) is 1. The molecule has 158 valence electrons. The normalized spacial score (nSPS) is 12.3. The van der Waals surface area contributed by atoms with Crippen molar-refractivity contribution in [2.24, 2.45) is 14.1 Å². The van der Waals surface area contributed by atoms with Gasteiger partial charge < -0.3 is 5.73 Å². The van der Waals surface area contributed by atoms with Crippen molar-refractivity contribution in [1.29, 1.82) is 0 Å². The number of nitrogens with zero attached hydrogens (tertiary/aromatic N) is 4. The van der Waals surface area contributed by atoms with Gasteiger partial charge in [-0.15, -0.1) is 0 Å². The van der Waals surface area contributed by atoms with Crippen molar-refractivity contribution in [2.75, 3.05) is 5.73 Å². The molecule has 2 aromatic heterocycles. The van der Waals surface area contributed by atoms with Gasteiger partial charge in [0.25, 0.3) is 5.56 Å². The first kappa shape index (κ1) is 21.6. The Bertz CT molecular complexity index is 1220. The zero-order valence-corrected chi connectivity index (χ0v) is 18.4. The average molecular weight is 428 g/mol. The van der Waals surface area contributed by atoms with E-state index in [0.29, 0.717) is 11.1 Å². The first-order chi connectivity index (χ1) is 14.1. The lowest BCUT2D eigenvalue weighted by molar-refractivity contribution is 0.0992. The van der Waals surface area contributed by atoms with Gasteiger partial charge in [-0.2, -0.15) is 0 Å². The Balaban J connectivity index is 1.98. The summed E-state index contributed by atoms with van der Waals surface area (Å²) in [5.41, 5.74) is 6.64. The van der Waals surface area contributed by atoms with Crippen molar-refractivity contribution in [1.82, 2.24) is 18.7 Å². The number of para-hydroxylation sites is 1. The fourth-order valence-corrected chi connectivity index (χ4v) is 4.20. The fraction of sp³-hybridized carbons (Fsp3) is 0.333. The van der Waals surface area contributed by atoms with Gasteiger partial charge in [0.2, 0.25) is 0 Å². The van der Waals surface area contributed by atoms with E-state index in [1.165, 1.54) is 25.9 Å². The van der Waals surface area contributed by atoms with Crippen molar-refractivity contribution in [3.8, 4) is 5.69 Å². The maximum absolute atomic E-state index is 13.1. The van der Waals surface area contributed by atoms with Crippen LogP contribution in [0.3, 0.4) is 0 Å². The number of carbonyl (C=O) groups is 1. The molecule has 3 rings (SSSR count). The molecule has 1 atom stereocenters. The topological polar surface area (TPSA) is 105 Å². The molecular weight excluding hydrogens is 402 g/mol. The quantitative estimate of drug-likeness (QED) is 0.478. The summed E-state index contributed by atoms with van der Waals surface area (Å²) in [5.74, 6) is -0.261. The van der Waals surface area contributed by atoms with E-state index in [-0.39, 0.29) is 11.4 Å². The number of Topliss-reactive ketones (excluding diaryl/α,β-unsaturated/α-hetero) is 1. The minimum Gasteiger partial charge on any atom is -0.384 e. The smallest absolute Gasteiger partial charge is 0.332 e. The van der Waals surface area contributed by atoms with Gasteiger partial charge in [0.15, 0.2) is 10.9 Å². The third-order valence-electron chi connectivity index (χ3n) is 5.03. The van der Waals surface area contributed by atoms with Crippen molar-refractivity contribution < 1.29 is 4.79 Å². The molecule has 1 aromatic carbocycles. The summed E-state index contributed by atoms with van der Waals surface area (Å²) in [6, 6.07) is 8.03. The molecule has 1 unspecified atom stereocenters. The van der Waals surface area contributed by atoms with Gasteiger partial charge >= 0.3 is 5.69 Å². The van der Waals surface area contributed by atoms with Gasteiger partial charge in [0.1, 0.15) is 11.4 Å². The largest absolute Gasteiger partial charge is 0.384 e. The van der Waals surface area contributed by atoms with Crippen molar-refractivity contribution >= 4 is 23.4 Å². The van der Waals surface area contributed by atoms with E-state index in [1.807, 2.05) is 29.0 Å². The van der Waals surface area contributed by atoms with E-state index in [2.05, 4.69) is 24.9 Å². The summed E-state index contributed by atoms with van der Waals surface area (Å²) in [6.07, 6.45) is 3.52. The Labute approximate surface area is 178 Å². The lowest BCUT2D eigenvalue weighted by atomic mass is 10.0. The summed E-state index contributed by atoms with van der Waals surface area (Å²) < 4.78 is 3.93. The van der Waals surface area contributed by atoms with Crippen LogP contribution in [0.4, 0.5) is 5.82 Å². The molecule has 0 fully saturated rings. The standard InChI is InChI=1S/C21H25N5O3S/c1-12(2)14-8-6-7-9-15(14)26-11-10-23-20(26)30-13(3)17(27)16-18(22)24(4)21(29)25(5)19(16)28/h6-13H,22H2,1-5H3. The Morgan fingerprint density at radius 1 is 1.10 bits per heavy atom. The van der Waals surface area contributed by atoms with Crippen LogP contribution in [0, 0.1) is 0 Å². The van der Waals surface area contributed by atoms with Crippen LogP contribution in [0.15, 0.2) is 51.4 Å². The van der Waals surface area contributed by atoms with Crippen LogP contribution in [0.25, 0.3) is 5.69 Å². The zero-order valence-electron chi connectivity index (χ0n) is 17.6. The number of thioether (sulfide) groups is 1. The Kier molecular flexibility index (Phi) is 6.02. The van der Waals surface area contributed by atoms with E-state index >= 15 is 0 Å². The highest BCUT2D eigenvalue weighted by atomic mass is 32.2.